The number of hydrogen-bond acceptors (Lipinski definition) is 6. The van der Waals surface area contributed by atoms with Crippen LogP contribution in [0.5, 0.6) is 0 Å². The molecule has 0 aromatic carbocycles. The van der Waals surface area contributed by atoms with Crippen LogP contribution < -0.4 is 5.32 Å². The largest absolute Gasteiger partial charge is 0.396 e. The van der Waals surface area contributed by atoms with Crippen LogP contribution in [-0.2, 0) is 22.4 Å². The highest BCUT2D eigenvalue weighted by Gasteiger charge is 2.34. The third-order valence-electron chi connectivity index (χ3n) is 3.92. The van der Waals surface area contributed by atoms with Crippen molar-refractivity contribution in [1.29, 1.82) is 0 Å². The highest BCUT2D eigenvalue weighted by molar-refractivity contribution is 7.15. The summed E-state index contributed by atoms with van der Waals surface area (Å²) in [6.45, 7) is 0.680. The van der Waals surface area contributed by atoms with Gasteiger partial charge in [0.1, 0.15) is 6.04 Å². The Bertz CT molecular complexity index is 699. The van der Waals surface area contributed by atoms with E-state index >= 15 is 0 Å². The summed E-state index contributed by atoms with van der Waals surface area (Å²) < 4.78 is 0. The van der Waals surface area contributed by atoms with Gasteiger partial charge in [-0.25, -0.2) is 4.98 Å². The molecule has 6 nitrogen and oxygen atoms in total. The van der Waals surface area contributed by atoms with E-state index in [0.717, 1.165) is 16.2 Å². The van der Waals surface area contributed by atoms with Crippen LogP contribution in [0.1, 0.15) is 22.6 Å². The van der Waals surface area contributed by atoms with Crippen molar-refractivity contribution in [1.82, 2.24) is 9.88 Å². The SMILES string of the molecule is O=C(Nc1ncc(CCO)s1)[C@@H]1CCCN1C(=O)Cc1cccs1. The van der Waals surface area contributed by atoms with E-state index < -0.39 is 6.04 Å². The molecule has 0 saturated carbocycles. The van der Waals surface area contributed by atoms with Gasteiger partial charge in [0.2, 0.25) is 11.8 Å². The minimum Gasteiger partial charge on any atom is -0.396 e. The molecular formula is C16H19N3O3S2. The highest BCUT2D eigenvalue weighted by atomic mass is 32.1. The first-order valence-corrected chi connectivity index (χ1v) is 9.55. The van der Waals surface area contributed by atoms with Crippen molar-refractivity contribution < 1.29 is 14.7 Å². The van der Waals surface area contributed by atoms with E-state index in [-0.39, 0.29) is 18.4 Å². The van der Waals surface area contributed by atoms with Crippen molar-refractivity contribution in [2.45, 2.75) is 31.7 Å². The molecule has 2 aromatic heterocycles. The summed E-state index contributed by atoms with van der Waals surface area (Å²) >= 11 is 2.91. The molecule has 1 fully saturated rings. The average molecular weight is 365 g/mol. The number of amides is 2. The summed E-state index contributed by atoms with van der Waals surface area (Å²) in [6.07, 6.45) is 4.05. The number of thiophene rings is 1. The Hall–Kier alpha value is -1.77. The lowest BCUT2D eigenvalue weighted by atomic mass is 10.2. The molecule has 2 amide bonds. The van der Waals surface area contributed by atoms with E-state index in [9.17, 15) is 9.59 Å². The molecule has 1 aliphatic heterocycles. The van der Waals surface area contributed by atoms with Crippen LogP contribution in [0.4, 0.5) is 5.13 Å². The molecule has 0 spiro atoms. The van der Waals surface area contributed by atoms with Crippen LogP contribution in [0, 0.1) is 0 Å². The molecule has 0 bridgehead atoms. The van der Waals surface area contributed by atoms with Crippen LogP contribution >= 0.6 is 22.7 Å². The van der Waals surface area contributed by atoms with Gasteiger partial charge in [-0.05, 0) is 24.3 Å². The van der Waals surface area contributed by atoms with Crippen LogP contribution in [0.2, 0.25) is 0 Å². The summed E-state index contributed by atoms with van der Waals surface area (Å²) in [5, 5.41) is 14.2. The van der Waals surface area contributed by atoms with Crippen molar-refractivity contribution in [3.05, 3.63) is 33.5 Å². The van der Waals surface area contributed by atoms with Crippen molar-refractivity contribution in [3.63, 3.8) is 0 Å². The Balaban J connectivity index is 1.61. The fourth-order valence-electron chi connectivity index (χ4n) is 2.78. The van der Waals surface area contributed by atoms with Gasteiger partial charge in [-0.15, -0.1) is 22.7 Å². The molecule has 3 rings (SSSR count). The number of nitrogens with one attached hydrogen (secondary N) is 1. The second kappa shape index (κ2) is 7.87. The van der Waals surface area contributed by atoms with Gasteiger partial charge in [0, 0.05) is 35.5 Å². The molecule has 128 valence electrons. The van der Waals surface area contributed by atoms with E-state index in [4.69, 9.17) is 5.11 Å². The van der Waals surface area contributed by atoms with E-state index in [0.29, 0.717) is 30.9 Å². The van der Waals surface area contributed by atoms with Crippen LogP contribution in [-0.4, -0.2) is 46.0 Å². The van der Waals surface area contributed by atoms with Gasteiger partial charge in [-0.2, -0.15) is 0 Å². The topological polar surface area (TPSA) is 82.5 Å². The highest BCUT2D eigenvalue weighted by Crippen LogP contribution is 2.23. The van der Waals surface area contributed by atoms with Crippen LogP contribution in [0.3, 0.4) is 0 Å². The van der Waals surface area contributed by atoms with E-state index in [2.05, 4.69) is 10.3 Å². The molecule has 2 N–H and O–H groups in total. The van der Waals surface area contributed by atoms with Gasteiger partial charge in [0.15, 0.2) is 5.13 Å². The Morgan fingerprint density at radius 1 is 1.42 bits per heavy atom. The Morgan fingerprint density at radius 2 is 2.29 bits per heavy atom. The van der Waals surface area contributed by atoms with Crippen molar-refractivity contribution in [2.75, 3.05) is 18.5 Å². The maximum Gasteiger partial charge on any atom is 0.248 e. The number of aliphatic hydroxyl groups excluding tert-OH is 1. The van der Waals surface area contributed by atoms with E-state index in [1.54, 1.807) is 22.4 Å². The molecule has 1 saturated heterocycles. The molecule has 3 heterocycles. The zero-order chi connectivity index (χ0) is 16.9. The molecule has 0 unspecified atom stereocenters. The fraction of sp³-hybridized carbons (Fsp3) is 0.438. The zero-order valence-electron chi connectivity index (χ0n) is 13.1. The lowest BCUT2D eigenvalue weighted by molar-refractivity contribution is -0.136. The van der Waals surface area contributed by atoms with Crippen molar-refractivity contribution >= 4 is 39.6 Å². The molecular weight excluding hydrogens is 346 g/mol. The van der Waals surface area contributed by atoms with Gasteiger partial charge >= 0.3 is 0 Å². The summed E-state index contributed by atoms with van der Waals surface area (Å²) in [6, 6.07) is 3.43. The number of carbonyl (C=O) groups excluding carboxylic acids is 2. The molecule has 1 aliphatic rings. The minimum absolute atomic E-state index is 0.00444. The summed E-state index contributed by atoms with van der Waals surface area (Å²) in [5.74, 6) is -0.188. The number of anilines is 1. The monoisotopic (exact) mass is 365 g/mol. The van der Waals surface area contributed by atoms with E-state index in [1.165, 1.54) is 11.3 Å². The molecule has 0 radical (unpaired) electrons. The zero-order valence-corrected chi connectivity index (χ0v) is 14.7. The number of carbonyl (C=O) groups is 2. The van der Waals surface area contributed by atoms with Crippen molar-refractivity contribution in [2.24, 2.45) is 0 Å². The number of aromatic nitrogens is 1. The number of rotatable bonds is 6. The van der Waals surface area contributed by atoms with Gasteiger partial charge in [-0.1, -0.05) is 6.07 Å². The van der Waals surface area contributed by atoms with Crippen molar-refractivity contribution in [3.8, 4) is 0 Å². The number of nitrogens with zero attached hydrogens (tertiary/aromatic N) is 2. The molecule has 8 heteroatoms. The lowest BCUT2D eigenvalue weighted by Crippen LogP contribution is -2.43. The third-order valence-corrected chi connectivity index (χ3v) is 5.77. The van der Waals surface area contributed by atoms with E-state index in [1.807, 2.05) is 17.5 Å². The number of hydrogen-bond donors (Lipinski definition) is 2. The van der Waals surface area contributed by atoms with Gasteiger partial charge in [-0.3, -0.25) is 9.59 Å². The van der Waals surface area contributed by atoms with Gasteiger partial charge in [0.25, 0.3) is 0 Å². The maximum absolute atomic E-state index is 12.5. The maximum atomic E-state index is 12.5. The number of thiazole rings is 1. The normalized spacial score (nSPS) is 17.2. The molecule has 1 atom stereocenters. The second-order valence-corrected chi connectivity index (χ2v) is 7.74. The predicted octanol–water partition coefficient (Wildman–Crippen LogP) is 1.91. The average Bonchev–Trinajstić information content (AvgIpc) is 3.28. The number of likely N-dealkylation sites (tertiary alicyclic amines) is 1. The van der Waals surface area contributed by atoms with Crippen LogP contribution in [0.15, 0.2) is 23.7 Å². The molecule has 0 aliphatic carbocycles. The Morgan fingerprint density at radius 3 is 3.04 bits per heavy atom. The molecule has 24 heavy (non-hydrogen) atoms. The lowest BCUT2D eigenvalue weighted by Gasteiger charge is -2.23. The standard InChI is InChI=1S/C16H19N3O3S2/c20-7-5-12-10-17-16(24-12)18-15(22)13-4-1-6-19(13)14(21)9-11-3-2-8-23-11/h2-3,8,10,13,20H,1,4-7,9H2,(H,17,18,22)/t13-/m0/s1. The van der Waals surface area contributed by atoms with Gasteiger partial charge in [0.05, 0.1) is 6.42 Å². The summed E-state index contributed by atoms with van der Waals surface area (Å²) in [7, 11) is 0. The first-order chi connectivity index (χ1) is 11.7. The summed E-state index contributed by atoms with van der Waals surface area (Å²) in [5.41, 5.74) is 0. The quantitative estimate of drug-likeness (QED) is 0.819. The van der Waals surface area contributed by atoms with Crippen LogP contribution in [0.25, 0.3) is 0 Å². The first-order valence-electron chi connectivity index (χ1n) is 7.85. The Kier molecular flexibility index (Phi) is 5.60. The third kappa shape index (κ3) is 4.00. The minimum atomic E-state index is -0.428. The Labute approximate surface area is 148 Å². The fourth-order valence-corrected chi connectivity index (χ4v) is 4.28. The molecule has 2 aromatic rings. The van der Waals surface area contributed by atoms with Gasteiger partial charge < -0.3 is 15.3 Å². The smallest absolute Gasteiger partial charge is 0.248 e. The first kappa shape index (κ1) is 17.1. The second-order valence-electron chi connectivity index (χ2n) is 5.60. The predicted molar refractivity (Wildman–Crippen MR) is 94.3 cm³/mol. The number of aliphatic hydroxyl groups is 1. The summed E-state index contributed by atoms with van der Waals surface area (Å²) in [4.78, 5) is 32.8.